The van der Waals surface area contributed by atoms with Crippen molar-refractivity contribution >= 4 is 23.0 Å². The molecule has 0 spiro atoms. The van der Waals surface area contributed by atoms with E-state index in [9.17, 15) is 4.79 Å². The Morgan fingerprint density at radius 2 is 1.91 bits per heavy atom. The molecule has 122 valence electrons. The van der Waals surface area contributed by atoms with Crippen LogP contribution in [0.25, 0.3) is 0 Å². The van der Waals surface area contributed by atoms with Crippen LogP contribution >= 0.6 is 11.3 Å². The summed E-state index contributed by atoms with van der Waals surface area (Å²) >= 11 is 1.49. The number of aromatic nitrogens is 1. The van der Waals surface area contributed by atoms with Gasteiger partial charge in [0.25, 0.3) is 0 Å². The first-order chi connectivity index (χ1) is 10.8. The summed E-state index contributed by atoms with van der Waals surface area (Å²) in [6, 6.07) is 8.29. The number of nitrogens with zero attached hydrogens (tertiary/aromatic N) is 2. The van der Waals surface area contributed by atoms with E-state index in [0.29, 0.717) is 0 Å². The number of hydrazone groups is 1. The predicted molar refractivity (Wildman–Crippen MR) is 96.1 cm³/mol. The van der Waals surface area contributed by atoms with Crippen LogP contribution in [0.2, 0.25) is 0 Å². The highest BCUT2D eigenvalue weighted by atomic mass is 32.1. The van der Waals surface area contributed by atoms with Gasteiger partial charge in [-0.1, -0.05) is 45.0 Å². The van der Waals surface area contributed by atoms with Gasteiger partial charge in [-0.15, -0.1) is 11.3 Å². The third kappa shape index (κ3) is 4.99. The van der Waals surface area contributed by atoms with Crippen LogP contribution in [-0.2, 0) is 16.6 Å². The standard InChI is InChI=1S/C18H23N3OS/c1-12-11-23-17(19-12)10-16(22)21-20-13(2)14-6-8-15(9-7-14)18(3,4)5/h6-9,11H,10H2,1-5H3,(H,21,22)/b20-13-. The van der Waals surface area contributed by atoms with Gasteiger partial charge in [0.2, 0.25) is 5.91 Å². The summed E-state index contributed by atoms with van der Waals surface area (Å²) < 4.78 is 0. The molecule has 5 heteroatoms. The molecule has 0 radical (unpaired) electrons. The molecule has 4 nitrogen and oxygen atoms in total. The minimum atomic E-state index is -0.148. The summed E-state index contributed by atoms with van der Waals surface area (Å²) in [5, 5.41) is 6.93. The Labute approximate surface area is 141 Å². The van der Waals surface area contributed by atoms with Gasteiger partial charge in [-0.3, -0.25) is 4.79 Å². The Morgan fingerprint density at radius 1 is 1.26 bits per heavy atom. The maximum Gasteiger partial charge on any atom is 0.246 e. The molecule has 0 aliphatic rings. The number of amides is 1. The molecule has 0 saturated heterocycles. The second-order valence-electron chi connectivity index (χ2n) is 6.62. The fraction of sp³-hybridized carbons (Fsp3) is 0.389. The number of benzene rings is 1. The number of thiazole rings is 1. The highest BCUT2D eigenvalue weighted by Crippen LogP contribution is 2.22. The van der Waals surface area contributed by atoms with Gasteiger partial charge < -0.3 is 0 Å². The van der Waals surface area contributed by atoms with Crippen LogP contribution in [0.4, 0.5) is 0 Å². The minimum absolute atomic E-state index is 0.129. The highest BCUT2D eigenvalue weighted by Gasteiger charge is 2.13. The van der Waals surface area contributed by atoms with Crippen molar-refractivity contribution in [2.75, 3.05) is 0 Å². The topological polar surface area (TPSA) is 54.4 Å². The van der Waals surface area contributed by atoms with Crippen LogP contribution in [-0.4, -0.2) is 16.6 Å². The summed E-state index contributed by atoms with van der Waals surface area (Å²) in [5.74, 6) is -0.148. The van der Waals surface area contributed by atoms with Crippen LogP contribution in [0.15, 0.2) is 34.7 Å². The molecule has 1 heterocycles. The van der Waals surface area contributed by atoms with Crippen molar-refractivity contribution in [1.82, 2.24) is 10.4 Å². The molecule has 0 aliphatic heterocycles. The van der Waals surface area contributed by atoms with Crippen molar-refractivity contribution in [3.63, 3.8) is 0 Å². The van der Waals surface area contributed by atoms with Gasteiger partial charge in [-0.25, -0.2) is 10.4 Å². The summed E-state index contributed by atoms with van der Waals surface area (Å²) in [6.07, 6.45) is 0.262. The maximum absolute atomic E-state index is 11.9. The van der Waals surface area contributed by atoms with E-state index < -0.39 is 0 Å². The van der Waals surface area contributed by atoms with E-state index in [0.717, 1.165) is 22.0 Å². The van der Waals surface area contributed by atoms with Crippen LogP contribution in [0.1, 0.15) is 49.5 Å². The maximum atomic E-state index is 11.9. The molecule has 0 atom stereocenters. The lowest BCUT2D eigenvalue weighted by Gasteiger charge is -2.19. The van der Waals surface area contributed by atoms with Crippen LogP contribution in [0.3, 0.4) is 0 Å². The van der Waals surface area contributed by atoms with E-state index >= 15 is 0 Å². The smallest absolute Gasteiger partial charge is 0.246 e. The van der Waals surface area contributed by atoms with Crippen LogP contribution in [0, 0.1) is 6.92 Å². The zero-order chi connectivity index (χ0) is 17.0. The zero-order valence-corrected chi connectivity index (χ0v) is 15.1. The Morgan fingerprint density at radius 3 is 2.43 bits per heavy atom. The van der Waals surface area contributed by atoms with Crippen molar-refractivity contribution in [2.24, 2.45) is 5.10 Å². The summed E-state index contributed by atoms with van der Waals surface area (Å²) in [5.41, 5.74) is 6.73. The van der Waals surface area contributed by atoms with Crippen LogP contribution in [0.5, 0.6) is 0 Å². The molecule has 0 unspecified atom stereocenters. The Bertz CT molecular complexity index is 709. The quantitative estimate of drug-likeness (QED) is 0.684. The monoisotopic (exact) mass is 329 g/mol. The van der Waals surface area contributed by atoms with Crippen molar-refractivity contribution < 1.29 is 4.79 Å². The van der Waals surface area contributed by atoms with E-state index in [-0.39, 0.29) is 17.7 Å². The lowest BCUT2D eigenvalue weighted by atomic mass is 9.86. The van der Waals surface area contributed by atoms with E-state index in [2.05, 4.69) is 48.4 Å². The number of carbonyl (C=O) groups excluding carboxylic acids is 1. The average molecular weight is 329 g/mol. The van der Waals surface area contributed by atoms with Gasteiger partial charge in [0.05, 0.1) is 12.1 Å². The average Bonchev–Trinajstić information content (AvgIpc) is 2.89. The third-order valence-corrected chi connectivity index (χ3v) is 4.46. The van der Waals surface area contributed by atoms with Crippen molar-refractivity contribution in [3.05, 3.63) is 51.5 Å². The number of nitrogens with one attached hydrogen (secondary N) is 1. The second kappa shape index (κ2) is 7.04. The molecule has 2 rings (SSSR count). The first-order valence-corrected chi connectivity index (χ1v) is 8.49. The van der Waals surface area contributed by atoms with E-state index in [4.69, 9.17) is 0 Å². The number of hydrogen-bond acceptors (Lipinski definition) is 4. The fourth-order valence-electron chi connectivity index (χ4n) is 2.08. The van der Waals surface area contributed by atoms with E-state index in [1.807, 2.05) is 31.4 Å². The van der Waals surface area contributed by atoms with Crippen LogP contribution < -0.4 is 5.43 Å². The summed E-state index contributed by atoms with van der Waals surface area (Å²) in [6.45, 7) is 10.4. The lowest BCUT2D eigenvalue weighted by Crippen LogP contribution is -2.21. The first-order valence-electron chi connectivity index (χ1n) is 7.61. The lowest BCUT2D eigenvalue weighted by molar-refractivity contribution is -0.120. The summed E-state index contributed by atoms with van der Waals surface area (Å²) in [7, 11) is 0. The fourth-order valence-corrected chi connectivity index (χ4v) is 2.85. The molecule has 2 aromatic rings. The SMILES string of the molecule is C/C(=N/NC(=O)Cc1nc(C)cs1)c1ccc(C(C)(C)C)cc1. The van der Waals surface area contributed by atoms with Gasteiger partial charge in [0, 0.05) is 11.1 Å². The van der Waals surface area contributed by atoms with Gasteiger partial charge in [0.1, 0.15) is 5.01 Å². The van der Waals surface area contributed by atoms with Gasteiger partial charge in [0.15, 0.2) is 0 Å². The molecule has 1 aromatic carbocycles. The Hall–Kier alpha value is -2.01. The molecule has 1 N–H and O–H groups in total. The Balaban J connectivity index is 1.98. The molecule has 0 aliphatic carbocycles. The number of carbonyl (C=O) groups is 1. The molecule has 0 bridgehead atoms. The predicted octanol–water partition coefficient (Wildman–Crippen LogP) is 3.83. The number of aryl methyl sites for hydroxylation is 1. The molecule has 0 saturated carbocycles. The van der Waals surface area contributed by atoms with Gasteiger partial charge in [-0.2, -0.15) is 5.10 Å². The molecule has 1 aromatic heterocycles. The molecule has 0 fully saturated rings. The molecular formula is C18H23N3OS. The molecule has 1 amide bonds. The number of rotatable bonds is 4. The van der Waals surface area contributed by atoms with E-state index in [1.165, 1.54) is 16.9 Å². The third-order valence-electron chi connectivity index (χ3n) is 3.50. The largest absolute Gasteiger partial charge is 0.273 e. The van der Waals surface area contributed by atoms with Crippen molar-refractivity contribution in [1.29, 1.82) is 0 Å². The second-order valence-corrected chi connectivity index (χ2v) is 7.56. The van der Waals surface area contributed by atoms with Gasteiger partial charge in [-0.05, 0) is 30.4 Å². The van der Waals surface area contributed by atoms with Crippen molar-refractivity contribution in [2.45, 2.75) is 46.5 Å². The Kier molecular flexibility index (Phi) is 5.31. The normalized spacial score (nSPS) is 12.3. The summed E-state index contributed by atoms with van der Waals surface area (Å²) in [4.78, 5) is 16.2. The minimum Gasteiger partial charge on any atom is -0.273 e. The van der Waals surface area contributed by atoms with E-state index in [1.54, 1.807) is 0 Å². The zero-order valence-electron chi connectivity index (χ0n) is 14.3. The molecule has 23 heavy (non-hydrogen) atoms. The van der Waals surface area contributed by atoms with Gasteiger partial charge >= 0.3 is 0 Å². The molecular weight excluding hydrogens is 306 g/mol. The van der Waals surface area contributed by atoms with Crippen molar-refractivity contribution in [3.8, 4) is 0 Å². The highest BCUT2D eigenvalue weighted by molar-refractivity contribution is 7.09. The first kappa shape index (κ1) is 17.3. The number of hydrogen-bond donors (Lipinski definition) is 1.